The molecule has 0 unspecified atom stereocenters. The average molecular weight is 290 g/mol. The molecule has 20 heavy (non-hydrogen) atoms. The van der Waals surface area contributed by atoms with Crippen molar-refractivity contribution in [1.82, 2.24) is 9.80 Å². The minimum Gasteiger partial charge on any atom is -0.338 e. The summed E-state index contributed by atoms with van der Waals surface area (Å²) in [4.78, 5) is 17.6. The summed E-state index contributed by atoms with van der Waals surface area (Å²) in [6.07, 6.45) is 6.71. The third-order valence-electron chi connectivity index (χ3n) is 3.57. The van der Waals surface area contributed by atoms with E-state index >= 15 is 0 Å². The highest BCUT2D eigenvalue weighted by atomic mass is 32.2. The minimum absolute atomic E-state index is 0.120. The number of rotatable bonds is 3. The normalized spacial score (nSPS) is 17.4. The second-order valence-electron chi connectivity index (χ2n) is 5.09. The Kier molecular flexibility index (Phi) is 5.68. The Morgan fingerprint density at radius 2 is 1.90 bits per heavy atom. The fraction of sp³-hybridized carbons (Fsp3) is 0.438. The van der Waals surface area contributed by atoms with Gasteiger partial charge in [0.1, 0.15) is 0 Å². The van der Waals surface area contributed by atoms with E-state index < -0.39 is 0 Å². The van der Waals surface area contributed by atoms with Crippen LogP contribution in [0, 0.1) is 0 Å². The van der Waals surface area contributed by atoms with Crippen LogP contribution >= 0.6 is 11.8 Å². The molecule has 0 aliphatic carbocycles. The van der Waals surface area contributed by atoms with E-state index in [1.165, 1.54) is 4.90 Å². The van der Waals surface area contributed by atoms with E-state index in [4.69, 9.17) is 0 Å². The molecule has 1 aromatic rings. The number of carbonyl (C=O) groups excluding carboxylic acids is 1. The summed E-state index contributed by atoms with van der Waals surface area (Å²) >= 11 is 1.72. The van der Waals surface area contributed by atoms with Crippen molar-refractivity contribution in [2.45, 2.75) is 11.3 Å². The summed E-state index contributed by atoms with van der Waals surface area (Å²) in [6, 6.07) is 8.25. The second-order valence-corrected chi connectivity index (χ2v) is 5.97. The Hall–Kier alpha value is -1.26. The molecular formula is C16H22N2OS. The van der Waals surface area contributed by atoms with Crippen molar-refractivity contribution in [3.63, 3.8) is 0 Å². The molecule has 1 saturated heterocycles. The van der Waals surface area contributed by atoms with Crippen LogP contribution in [0.5, 0.6) is 0 Å². The quantitative estimate of drug-likeness (QED) is 0.631. The van der Waals surface area contributed by atoms with Crippen LogP contribution in [-0.2, 0) is 4.79 Å². The van der Waals surface area contributed by atoms with Gasteiger partial charge in [-0.05, 0) is 50.0 Å². The number of benzene rings is 1. The van der Waals surface area contributed by atoms with Gasteiger partial charge < -0.3 is 9.80 Å². The van der Waals surface area contributed by atoms with E-state index in [1.807, 2.05) is 23.1 Å². The molecule has 2 rings (SSSR count). The van der Waals surface area contributed by atoms with Crippen molar-refractivity contribution >= 4 is 23.7 Å². The van der Waals surface area contributed by atoms with Gasteiger partial charge in [0.2, 0.25) is 5.91 Å². The van der Waals surface area contributed by atoms with Crippen LogP contribution in [0.3, 0.4) is 0 Å². The molecule has 0 bridgehead atoms. The van der Waals surface area contributed by atoms with Gasteiger partial charge in [0.25, 0.3) is 0 Å². The van der Waals surface area contributed by atoms with Crippen molar-refractivity contribution in [2.24, 2.45) is 0 Å². The van der Waals surface area contributed by atoms with Gasteiger partial charge in [-0.15, -0.1) is 11.8 Å². The Balaban J connectivity index is 1.93. The SMILES string of the molecule is CSc1ccc(C=CC(=O)N2CCCN(C)CC2)cc1. The molecule has 1 aliphatic heterocycles. The van der Waals surface area contributed by atoms with Gasteiger partial charge in [0.15, 0.2) is 0 Å². The van der Waals surface area contributed by atoms with E-state index in [0.29, 0.717) is 0 Å². The van der Waals surface area contributed by atoms with E-state index in [0.717, 1.165) is 38.2 Å². The molecule has 1 amide bonds. The van der Waals surface area contributed by atoms with Gasteiger partial charge in [-0.2, -0.15) is 0 Å². The molecule has 0 saturated carbocycles. The van der Waals surface area contributed by atoms with Gasteiger partial charge >= 0.3 is 0 Å². The Morgan fingerprint density at radius 3 is 2.60 bits per heavy atom. The number of likely N-dealkylation sites (N-methyl/N-ethyl adjacent to an activating group) is 1. The number of hydrogen-bond donors (Lipinski definition) is 0. The first-order chi connectivity index (χ1) is 9.69. The van der Waals surface area contributed by atoms with Crippen LogP contribution in [0.25, 0.3) is 6.08 Å². The van der Waals surface area contributed by atoms with E-state index in [-0.39, 0.29) is 5.91 Å². The first-order valence-corrected chi connectivity index (χ1v) is 8.21. The highest BCUT2D eigenvalue weighted by Gasteiger charge is 2.14. The molecule has 1 heterocycles. The molecule has 0 radical (unpaired) electrons. The lowest BCUT2D eigenvalue weighted by atomic mass is 10.2. The fourth-order valence-corrected chi connectivity index (χ4v) is 2.66. The number of thioether (sulfide) groups is 1. The standard InChI is InChI=1S/C16H22N2OS/c1-17-10-3-11-18(13-12-17)16(19)9-6-14-4-7-15(20-2)8-5-14/h4-9H,3,10-13H2,1-2H3. The van der Waals surface area contributed by atoms with Gasteiger partial charge in [0, 0.05) is 30.6 Å². The summed E-state index contributed by atoms with van der Waals surface area (Å²) < 4.78 is 0. The van der Waals surface area contributed by atoms with Crippen molar-refractivity contribution in [1.29, 1.82) is 0 Å². The maximum atomic E-state index is 12.2. The zero-order chi connectivity index (χ0) is 14.4. The molecule has 0 spiro atoms. The number of carbonyl (C=O) groups is 1. The summed E-state index contributed by atoms with van der Waals surface area (Å²) in [5.41, 5.74) is 1.07. The average Bonchev–Trinajstić information content (AvgIpc) is 2.70. The zero-order valence-corrected chi connectivity index (χ0v) is 13.0. The minimum atomic E-state index is 0.120. The number of hydrogen-bond acceptors (Lipinski definition) is 3. The fourth-order valence-electron chi connectivity index (χ4n) is 2.25. The van der Waals surface area contributed by atoms with Gasteiger partial charge in [-0.3, -0.25) is 4.79 Å². The predicted molar refractivity (Wildman–Crippen MR) is 86.0 cm³/mol. The first-order valence-electron chi connectivity index (χ1n) is 6.98. The number of amides is 1. The third-order valence-corrected chi connectivity index (χ3v) is 4.31. The lowest BCUT2D eigenvalue weighted by Gasteiger charge is -2.18. The summed E-state index contributed by atoms with van der Waals surface area (Å²) in [5.74, 6) is 0.120. The molecule has 1 aromatic carbocycles. The maximum absolute atomic E-state index is 12.2. The van der Waals surface area contributed by atoms with Crippen LogP contribution in [0.1, 0.15) is 12.0 Å². The van der Waals surface area contributed by atoms with Crippen molar-refractivity contribution < 1.29 is 4.79 Å². The van der Waals surface area contributed by atoms with Crippen LogP contribution in [0.4, 0.5) is 0 Å². The Bertz CT molecular complexity index is 470. The largest absolute Gasteiger partial charge is 0.338 e. The number of nitrogens with zero attached hydrogens (tertiary/aromatic N) is 2. The molecule has 108 valence electrons. The maximum Gasteiger partial charge on any atom is 0.246 e. The highest BCUT2D eigenvalue weighted by Crippen LogP contribution is 2.15. The van der Waals surface area contributed by atoms with Crippen molar-refractivity contribution in [3.8, 4) is 0 Å². The molecular weight excluding hydrogens is 268 g/mol. The van der Waals surface area contributed by atoms with E-state index in [1.54, 1.807) is 17.8 Å². The predicted octanol–water partition coefficient (Wildman–Crippen LogP) is 2.59. The van der Waals surface area contributed by atoms with Crippen LogP contribution < -0.4 is 0 Å². The second kappa shape index (κ2) is 7.50. The topological polar surface area (TPSA) is 23.6 Å². The smallest absolute Gasteiger partial charge is 0.246 e. The summed E-state index contributed by atoms with van der Waals surface area (Å²) in [7, 11) is 2.11. The van der Waals surface area contributed by atoms with E-state index in [2.05, 4.69) is 30.3 Å². The first kappa shape index (κ1) is 15.1. The van der Waals surface area contributed by atoms with Gasteiger partial charge in [-0.25, -0.2) is 0 Å². The van der Waals surface area contributed by atoms with Crippen LogP contribution in [0.15, 0.2) is 35.2 Å². The van der Waals surface area contributed by atoms with E-state index in [9.17, 15) is 4.79 Å². The molecule has 4 heteroatoms. The Morgan fingerprint density at radius 1 is 1.15 bits per heavy atom. The lowest BCUT2D eigenvalue weighted by Crippen LogP contribution is -2.33. The molecule has 3 nitrogen and oxygen atoms in total. The molecule has 0 aromatic heterocycles. The van der Waals surface area contributed by atoms with Crippen LogP contribution in [0.2, 0.25) is 0 Å². The van der Waals surface area contributed by atoms with Gasteiger partial charge in [0.05, 0.1) is 0 Å². The summed E-state index contributed by atoms with van der Waals surface area (Å²) in [5, 5.41) is 0. The van der Waals surface area contributed by atoms with Crippen molar-refractivity contribution in [3.05, 3.63) is 35.9 Å². The zero-order valence-electron chi connectivity index (χ0n) is 12.2. The van der Waals surface area contributed by atoms with Gasteiger partial charge in [-0.1, -0.05) is 12.1 Å². The highest BCUT2D eigenvalue weighted by molar-refractivity contribution is 7.98. The van der Waals surface area contributed by atoms with Crippen LogP contribution in [-0.4, -0.2) is 55.2 Å². The van der Waals surface area contributed by atoms with Crippen molar-refractivity contribution in [2.75, 3.05) is 39.5 Å². The monoisotopic (exact) mass is 290 g/mol. The summed E-state index contributed by atoms with van der Waals surface area (Å²) in [6.45, 7) is 3.72. The Labute approximate surface area is 125 Å². The molecule has 0 N–H and O–H groups in total. The molecule has 0 atom stereocenters. The third kappa shape index (κ3) is 4.39. The lowest BCUT2D eigenvalue weighted by molar-refractivity contribution is -0.125. The molecule has 1 fully saturated rings. The molecule has 1 aliphatic rings.